The van der Waals surface area contributed by atoms with Crippen molar-refractivity contribution in [3.05, 3.63) is 64.7 Å². The molecule has 1 aliphatic heterocycles. The summed E-state index contributed by atoms with van der Waals surface area (Å²) in [7, 11) is 0. The van der Waals surface area contributed by atoms with E-state index >= 15 is 0 Å². The van der Waals surface area contributed by atoms with E-state index in [1.165, 1.54) is 5.56 Å². The molecule has 2 aromatic carbocycles. The fourth-order valence-electron chi connectivity index (χ4n) is 5.06. The van der Waals surface area contributed by atoms with E-state index < -0.39 is 5.60 Å². The summed E-state index contributed by atoms with van der Waals surface area (Å²) in [4.78, 5) is 27.6. The second kappa shape index (κ2) is 12.3. The van der Waals surface area contributed by atoms with Crippen molar-refractivity contribution < 1.29 is 19.1 Å². The molecule has 7 heteroatoms. The van der Waals surface area contributed by atoms with E-state index in [9.17, 15) is 9.59 Å². The number of ether oxygens (including phenoxy) is 2. The maximum absolute atomic E-state index is 12.9. The van der Waals surface area contributed by atoms with Gasteiger partial charge in [-0.15, -0.1) is 0 Å². The minimum Gasteiger partial charge on any atom is -0.489 e. The third kappa shape index (κ3) is 8.21. The van der Waals surface area contributed by atoms with Crippen LogP contribution >= 0.6 is 11.6 Å². The lowest BCUT2D eigenvalue weighted by Crippen LogP contribution is -2.44. The number of benzene rings is 2. The molecule has 6 nitrogen and oxygen atoms in total. The van der Waals surface area contributed by atoms with Gasteiger partial charge < -0.3 is 14.8 Å². The molecule has 0 unspecified atom stereocenters. The first-order valence-corrected chi connectivity index (χ1v) is 13.8. The highest BCUT2D eigenvalue weighted by Gasteiger charge is 2.31. The van der Waals surface area contributed by atoms with Crippen LogP contribution in [0.3, 0.4) is 0 Å². The average Bonchev–Trinajstić information content (AvgIpc) is 2.86. The van der Waals surface area contributed by atoms with Crippen LogP contribution in [0.1, 0.15) is 75.2 Å². The molecule has 0 bridgehead atoms. The van der Waals surface area contributed by atoms with Crippen LogP contribution in [0.5, 0.6) is 5.75 Å². The molecule has 1 saturated carbocycles. The summed E-state index contributed by atoms with van der Waals surface area (Å²) in [6.45, 7) is 8.54. The van der Waals surface area contributed by atoms with Crippen LogP contribution in [0.25, 0.3) is 0 Å². The molecular weight excluding hydrogens is 488 g/mol. The lowest BCUT2D eigenvalue weighted by Gasteiger charge is -2.32. The Kier molecular flexibility index (Phi) is 9.14. The van der Waals surface area contributed by atoms with Crippen LogP contribution in [0.4, 0.5) is 0 Å². The van der Waals surface area contributed by atoms with Gasteiger partial charge >= 0.3 is 5.97 Å². The van der Waals surface area contributed by atoms with E-state index in [0.717, 1.165) is 58.2 Å². The normalized spacial score (nSPS) is 21.3. The van der Waals surface area contributed by atoms with Crippen LogP contribution in [-0.2, 0) is 16.1 Å². The number of carbonyl (C=O) groups excluding carboxylic acids is 2. The minimum absolute atomic E-state index is 0.00284. The first-order valence-electron chi connectivity index (χ1n) is 13.4. The average molecular weight is 527 g/mol. The molecule has 1 N–H and O–H groups in total. The SMILES string of the molecule is CC(C)(C)OC(=O)C1CCC(Oc2ccc(C(=O)NC3CCN(Cc4ccccc4)CC3)cc2Cl)CC1. The Balaban J connectivity index is 1.22. The van der Waals surface area contributed by atoms with Crippen LogP contribution in [0.2, 0.25) is 5.02 Å². The van der Waals surface area contributed by atoms with E-state index in [1.54, 1.807) is 18.2 Å². The van der Waals surface area contributed by atoms with Crippen LogP contribution in [0.15, 0.2) is 48.5 Å². The molecule has 2 fully saturated rings. The molecular formula is C30H39ClN2O4. The molecule has 37 heavy (non-hydrogen) atoms. The number of piperidine rings is 1. The van der Waals surface area contributed by atoms with Gasteiger partial charge in [0.05, 0.1) is 17.0 Å². The molecule has 4 rings (SSSR count). The van der Waals surface area contributed by atoms with Crippen molar-refractivity contribution in [1.82, 2.24) is 10.2 Å². The molecule has 2 aromatic rings. The van der Waals surface area contributed by atoms with E-state index in [4.69, 9.17) is 21.1 Å². The zero-order valence-electron chi connectivity index (χ0n) is 22.2. The molecule has 1 saturated heterocycles. The van der Waals surface area contributed by atoms with E-state index in [2.05, 4.69) is 34.5 Å². The van der Waals surface area contributed by atoms with Gasteiger partial charge in [-0.05, 0) is 83.1 Å². The maximum Gasteiger partial charge on any atom is 0.309 e. The van der Waals surface area contributed by atoms with Gasteiger partial charge in [0, 0.05) is 31.2 Å². The summed E-state index contributed by atoms with van der Waals surface area (Å²) >= 11 is 6.50. The van der Waals surface area contributed by atoms with Crippen molar-refractivity contribution in [2.45, 2.75) is 83.6 Å². The smallest absolute Gasteiger partial charge is 0.309 e. The first kappa shape index (κ1) is 27.5. The maximum atomic E-state index is 12.9. The molecule has 1 amide bonds. The number of rotatable bonds is 7. The van der Waals surface area contributed by atoms with Crippen molar-refractivity contribution in [3.63, 3.8) is 0 Å². The van der Waals surface area contributed by atoms with Gasteiger partial charge in [-0.3, -0.25) is 14.5 Å². The van der Waals surface area contributed by atoms with Gasteiger partial charge in [-0.25, -0.2) is 0 Å². The number of hydrogen-bond acceptors (Lipinski definition) is 5. The van der Waals surface area contributed by atoms with Crippen molar-refractivity contribution in [2.75, 3.05) is 13.1 Å². The molecule has 0 radical (unpaired) electrons. The molecule has 200 valence electrons. The number of carbonyl (C=O) groups is 2. The highest BCUT2D eigenvalue weighted by atomic mass is 35.5. The summed E-state index contributed by atoms with van der Waals surface area (Å²) in [6, 6.07) is 15.9. The number of hydrogen-bond donors (Lipinski definition) is 1. The van der Waals surface area contributed by atoms with E-state index in [0.29, 0.717) is 16.3 Å². The van der Waals surface area contributed by atoms with Crippen LogP contribution < -0.4 is 10.1 Å². The summed E-state index contributed by atoms with van der Waals surface area (Å²) in [5.41, 5.74) is 1.39. The Labute approximate surface area is 225 Å². The zero-order valence-corrected chi connectivity index (χ0v) is 22.9. The number of nitrogens with one attached hydrogen (secondary N) is 1. The second-order valence-corrected chi connectivity index (χ2v) is 11.7. The summed E-state index contributed by atoms with van der Waals surface area (Å²) in [5, 5.41) is 3.60. The number of amides is 1. The number of esters is 1. The topological polar surface area (TPSA) is 67.9 Å². The molecule has 0 atom stereocenters. The summed E-state index contributed by atoms with van der Waals surface area (Å²) in [5.74, 6) is 0.271. The standard InChI is InChI=1S/C30H39ClN2O4/c1-30(2,3)37-29(35)22-9-12-25(13-10-22)36-27-14-11-23(19-26(27)31)28(34)32-24-15-17-33(18-16-24)20-21-7-5-4-6-8-21/h4-8,11,14,19,22,24-25H,9-10,12-13,15-18,20H2,1-3H3,(H,32,34). The van der Waals surface area contributed by atoms with Crippen molar-refractivity contribution in [1.29, 1.82) is 0 Å². The van der Waals surface area contributed by atoms with Crippen molar-refractivity contribution in [3.8, 4) is 5.75 Å². The number of halogens is 1. The van der Waals surface area contributed by atoms with Crippen molar-refractivity contribution >= 4 is 23.5 Å². The molecule has 0 aromatic heterocycles. The highest BCUT2D eigenvalue weighted by molar-refractivity contribution is 6.32. The quantitative estimate of drug-likeness (QED) is 0.447. The predicted octanol–water partition coefficient (Wildman–Crippen LogP) is 6.01. The second-order valence-electron chi connectivity index (χ2n) is 11.3. The number of nitrogens with zero attached hydrogens (tertiary/aromatic N) is 1. The fourth-order valence-corrected chi connectivity index (χ4v) is 5.29. The van der Waals surface area contributed by atoms with Gasteiger partial charge in [0.25, 0.3) is 5.91 Å². The van der Waals surface area contributed by atoms with Gasteiger partial charge in [-0.2, -0.15) is 0 Å². The summed E-state index contributed by atoms with van der Waals surface area (Å²) in [6.07, 6.45) is 4.87. The third-order valence-corrected chi connectivity index (χ3v) is 7.37. The molecule has 1 heterocycles. The highest BCUT2D eigenvalue weighted by Crippen LogP contribution is 2.33. The largest absolute Gasteiger partial charge is 0.489 e. The predicted molar refractivity (Wildman–Crippen MR) is 146 cm³/mol. The first-order chi connectivity index (χ1) is 17.7. The van der Waals surface area contributed by atoms with E-state index in [1.807, 2.05) is 26.8 Å². The van der Waals surface area contributed by atoms with Gasteiger partial charge in [-0.1, -0.05) is 41.9 Å². The Morgan fingerprint density at radius 1 is 0.973 bits per heavy atom. The monoisotopic (exact) mass is 526 g/mol. The third-order valence-electron chi connectivity index (χ3n) is 7.07. The molecule has 1 aliphatic carbocycles. The lowest BCUT2D eigenvalue weighted by molar-refractivity contribution is -0.161. The fraction of sp³-hybridized carbons (Fsp3) is 0.533. The Morgan fingerprint density at radius 3 is 2.27 bits per heavy atom. The Hall–Kier alpha value is -2.57. The van der Waals surface area contributed by atoms with Crippen LogP contribution in [-0.4, -0.2) is 47.6 Å². The van der Waals surface area contributed by atoms with Crippen LogP contribution in [0, 0.1) is 5.92 Å². The Bertz CT molecular complexity index is 1050. The lowest BCUT2D eigenvalue weighted by atomic mass is 9.87. The summed E-state index contributed by atoms with van der Waals surface area (Å²) < 4.78 is 11.7. The van der Waals surface area contributed by atoms with Gasteiger partial charge in [0.2, 0.25) is 0 Å². The number of likely N-dealkylation sites (tertiary alicyclic amines) is 1. The van der Waals surface area contributed by atoms with Gasteiger partial charge in [0.1, 0.15) is 11.4 Å². The van der Waals surface area contributed by atoms with Crippen molar-refractivity contribution in [2.24, 2.45) is 5.92 Å². The molecule has 2 aliphatic rings. The van der Waals surface area contributed by atoms with E-state index in [-0.39, 0.29) is 29.9 Å². The minimum atomic E-state index is -0.467. The Morgan fingerprint density at radius 2 is 1.65 bits per heavy atom. The zero-order chi connectivity index (χ0) is 26.4. The van der Waals surface area contributed by atoms with Gasteiger partial charge in [0.15, 0.2) is 0 Å². The molecule has 0 spiro atoms.